The predicted octanol–water partition coefficient (Wildman–Crippen LogP) is 3.95. The Kier molecular flexibility index (Phi) is 4.99. The first kappa shape index (κ1) is 18.5. The Labute approximate surface area is 176 Å². The molecule has 0 aliphatic carbocycles. The van der Waals surface area contributed by atoms with Crippen molar-refractivity contribution < 1.29 is 0 Å². The average molecular weight is 396 g/mol. The lowest BCUT2D eigenvalue weighted by Gasteiger charge is -2.34. The van der Waals surface area contributed by atoms with Crippen molar-refractivity contribution in [2.24, 2.45) is 0 Å². The first-order valence-electron chi connectivity index (χ1n) is 10.2. The van der Waals surface area contributed by atoms with Gasteiger partial charge in [-0.2, -0.15) is 5.10 Å². The van der Waals surface area contributed by atoms with E-state index in [1.54, 1.807) is 6.20 Å². The standard InChI is InChI=1S/C24H24N6/c1-29-12-14-30(15-13-29)20-7-5-18(6-8-20)23-16-19(9-11-26-23)21-17-27-28-24(21)22-4-2-3-10-25-22/h2-11,16-17H,12-15H2,1H3,(H,27,28). The van der Waals surface area contributed by atoms with Crippen LogP contribution in [0.15, 0.2) is 73.2 Å². The smallest absolute Gasteiger partial charge is 0.0912 e. The summed E-state index contributed by atoms with van der Waals surface area (Å²) in [4.78, 5) is 13.9. The number of likely N-dealkylation sites (N-methyl/N-ethyl adjacent to an activating group) is 1. The van der Waals surface area contributed by atoms with Crippen molar-refractivity contribution in [2.45, 2.75) is 0 Å². The summed E-state index contributed by atoms with van der Waals surface area (Å²) in [5.41, 5.74) is 7.21. The van der Waals surface area contributed by atoms with Gasteiger partial charge in [-0.15, -0.1) is 0 Å². The molecule has 4 heterocycles. The Bertz CT molecular complexity index is 1110. The lowest BCUT2D eigenvalue weighted by molar-refractivity contribution is 0.313. The summed E-state index contributed by atoms with van der Waals surface area (Å²) >= 11 is 0. The number of benzene rings is 1. The van der Waals surface area contributed by atoms with Gasteiger partial charge in [0.25, 0.3) is 0 Å². The van der Waals surface area contributed by atoms with E-state index in [0.29, 0.717) is 0 Å². The third-order valence-corrected chi connectivity index (χ3v) is 5.66. The van der Waals surface area contributed by atoms with E-state index < -0.39 is 0 Å². The highest BCUT2D eigenvalue weighted by Gasteiger charge is 2.15. The van der Waals surface area contributed by atoms with Gasteiger partial charge < -0.3 is 9.80 Å². The summed E-state index contributed by atoms with van der Waals surface area (Å²) in [6, 6.07) is 18.7. The Morgan fingerprint density at radius 3 is 2.37 bits per heavy atom. The lowest BCUT2D eigenvalue weighted by atomic mass is 10.0. The van der Waals surface area contributed by atoms with Gasteiger partial charge >= 0.3 is 0 Å². The molecule has 0 bridgehead atoms. The molecular formula is C24H24N6. The molecule has 3 aromatic heterocycles. The third kappa shape index (κ3) is 3.69. The van der Waals surface area contributed by atoms with Gasteiger partial charge in [0.15, 0.2) is 0 Å². The van der Waals surface area contributed by atoms with Crippen LogP contribution in [0.4, 0.5) is 5.69 Å². The zero-order valence-corrected chi connectivity index (χ0v) is 17.0. The van der Waals surface area contributed by atoms with E-state index in [0.717, 1.165) is 60.0 Å². The van der Waals surface area contributed by atoms with Gasteiger partial charge in [-0.05, 0) is 49.0 Å². The van der Waals surface area contributed by atoms with E-state index >= 15 is 0 Å². The fourth-order valence-electron chi connectivity index (χ4n) is 3.87. The molecule has 150 valence electrons. The molecule has 1 fully saturated rings. The summed E-state index contributed by atoms with van der Waals surface area (Å²) in [6.07, 6.45) is 5.49. The van der Waals surface area contributed by atoms with E-state index in [2.05, 4.69) is 67.3 Å². The number of H-pyrrole nitrogens is 1. The van der Waals surface area contributed by atoms with E-state index in [4.69, 9.17) is 0 Å². The van der Waals surface area contributed by atoms with Gasteiger partial charge in [-0.1, -0.05) is 18.2 Å². The molecule has 6 nitrogen and oxygen atoms in total. The average Bonchev–Trinajstić information content (AvgIpc) is 3.31. The van der Waals surface area contributed by atoms with Crippen LogP contribution >= 0.6 is 0 Å². The van der Waals surface area contributed by atoms with Crippen LogP contribution in [-0.2, 0) is 0 Å². The number of aromatic amines is 1. The van der Waals surface area contributed by atoms with Gasteiger partial charge in [-0.25, -0.2) is 0 Å². The van der Waals surface area contributed by atoms with Crippen LogP contribution in [0, 0.1) is 0 Å². The van der Waals surface area contributed by atoms with Gasteiger partial charge in [-0.3, -0.25) is 15.1 Å². The van der Waals surface area contributed by atoms with Crippen molar-refractivity contribution in [2.75, 3.05) is 38.1 Å². The SMILES string of the molecule is CN1CCN(c2ccc(-c3cc(-c4cn[nH]c4-c4ccccn4)ccn3)cc2)CC1. The zero-order valence-electron chi connectivity index (χ0n) is 17.0. The summed E-state index contributed by atoms with van der Waals surface area (Å²) < 4.78 is 0. The number of hydrogen-bond donors (Lipinski definition) is 1. The minimum atomic E-state index is 0.875. The van der Waals surface area contributed by atoms with E-state index in [-0.39, 0.29) is 0 Å². The molecule has 30 heavy (non-hydrogen) atoms. The first-order valence-corrected chi connectivity index (χ1v) is 10.2. The molecule has 0 unspecified atom stereocenters. The topological polar surface area (TPSA) is 60.9 Å². The maximum Gasteiger partial charge on any atom is 0.0912 e. The molecule has 4 aromatic rings. The summed E-state index contributed by atoms with van der Waals surface area (Å²) in [6.45, 7) is 4.35. The van der Waals surface area contributed by atoms with E-state index in [1.165, 1.54) is 5.69 Å². The quantitative estimate of drug-likeness (QED) is 0.566. The molecule has 1 N–H and O–H groups in total. The Morgan fingerprint density at radius 2 is 1.60 bits per heavy atom. The molecule has 0 spiro atoms. The van der Waals surface area contributed by atoms with Crippen molar-refractivity contribution in [1.82, 2.24) is 25.1 Å². The number of hydrogen-bond acceptors (Lipinski definition) is 5. The molecule has 1 aliphatic heterocycles. The number of piperazine rings is 1. The van der Waals surface area contributed by atoms with Crippen LogP contribution < -0.4 is 4.90 Å². The Balaban J connectivity index is 1.42. The number of anilines is 1. The maximum atomic E-state index is 4.61. The Hall–Kier alpha value is -3.51. The molecule has 0 atom stereocenters. The highest BCUT2D eigenvalue weighted by molar-refractivity contribution is 5.80. The number of pyridine rings is 2. The van der Waals surface area contributed by atoms with E-state index in [9.17, 15) is 0 Å². The molecule has 5 rings (SSSR count). The summed E-state index contributed by atoms with van der Waals surface area (Å²) in [7, 11) is 2.18. The van der Waals surface area contributed by atoms with Gasteiger partial charge in [0, 0.05) is 55.4 Å². The van der Waals surface area contributed by atoms with Crippen molar-refractivity contribution in [3.8, 4) is 33.8 Å². The van der Waals surface area contributed by atoms with Crippen LogP contribution in [0.2, 0.25) is 0 Å². The Morgan fingerprint density at radius 1 is 0.800 bits per heavy atom. The fraction of sp³-hybridized carbons (Fsp3) is 0.208. The molecule has 0 radical (unpaired) electrons. The minimum absolute atomic E-state index is 0.875. The summed E-state index contributed by atoms with van der Waals surface area (Å²) in [5, 5.41) is 7.34. The zero-order chi connectivity index (χ0) is 20.3. The first-order chi connectivity index (χ1) is 14.8. The molecule has 1 saturated heterocycles. The van der Waals surface area contributed by atoms with Gasteiger partial charge in [0.2, 0.25) is 0 Å². The van der Waals surface area contributed by atoms with Crippen LogP contribution in [0.1, 0.15) is 0 Å². The normalized spacial score (nSPS) is 14.8. The molecular weight excluding hydrogens is 372 g/mol. The van der Waals surface area contributed by atoms with Crippen molar-refractivity contribution in [3.05, 3.63) is 73.2 Å². The van der Waals surface area contributed by atoms with E-state index in [1.807, 2.05) is 36.7 Å². The molecule has 1 aliphatic rings. The molecule has 6 heteroatoms. The van der Waals surface area contributed by atoms with Crippen molar-refractivity contribution in [3.63, 3.8) is 0 Å². The second-order valence-corrected chi connectivity index (χ2v) is 7.64. The third-order valence-electron chi connectivity index (χ3n) is 5.66. The van der Waals surface area contributed by atoms with Crippen molar-refractivity contribution >= 4 is 5.69 Å². The number of aromatic nitrogens is 4. The lowest BCUT2D eigenvalue weighted by Crippen LogP contribution is -2.44. The number of nitrogens with zero attached hydrogens (tertiary/aromatic N) is 5. The second kappa shape index (κ2) is 8.08. The van der Waals surface area contributed by atoms with Crippen LogP contribution in [0.25, 0.3) is 33.8 Å². The molecule has 0 saturated carbocycles. The van der Waals surface area contributed by atoms with Crippen LogP contribution in [0.5, 0.6) is 0 Å². The summed E-state index contributed by atoms with van der Waals surface area (Å²) in [5.74, 6) is 0. The predicted molar refractivity (Wildman–Crippen MR) is 120 cm³/mol. The minimum Gasteiger partial charge on any atom is -0.369 e. The highest BCUT2D eigenvalue weighted by atomic mass is 15.2. The second-order valence-electron chi connectivity index (χ2n) is 7.64. The van der Waals surface area contributed by atoms with Gasteiger partial charge in [0.05, 0.1) is 23.3 Å². The monoisotopic (exact) mass is 396 g/mol. The largest absolute Gasteiger partial charge is 0.369 e. The van der Waals surface area contributed by atoms with Crippen LogP contribution in [0.3, 0.4) is 0 Å². The van der Waals surface area contributed by atoms with Gasteiger partial charge in [0.1, 0.15) is 0 Å². The molecule has 0 amide bonds. The van der Waals surface area contributed by atoms with Crippen LogP contribution in [-0.4, -0.2) is 58.3 Å². The highest BCUT2D eigenvalue weighted by Crippen LogP contribution is 2.31. The maximum absolute atomic E-state index is 4.61. The van der Waals surface area contributed by atoms with Crippen molar-refractivity contribution in [1.29, 1.82) is 0 Å². The number of rotatable bonds is 4. The molecule has 1 aromatic carbocycles. The fourth-order valence-corrected chi connectivity index (χ4v) is 3.87. The number of nitrogens with one attached hydrogen (secondary N) is 1.